The van der Waals surface area contributed by atoms with E-state index in [1.807, 2.05) is 0 Å². The monoisotopic (exact) mass is 288 g/mol. The Labute approximate surface area is 101 Å². The largest absolute Gasteiger partial charge is 0.410 e. The highest BCUT2D eigenvalue weighted by molar-refractivity contribution is 9.10. The minimum absolute atomic E-state index is 0.00870. The van der Waals surface area contributed by atoms with Gasteiger partial charge in [0.1, 0.15) is 5.54 Å². The van der Waals surface area contributed by atoms with Crippen LogP contribution in [0.5, 0.6) is 0 Å². The van der Waals surface area contributed by atoms with Gasteiger partial charge in [-0.2, -0.15) is 5.10 Å². The maximum atomic E-state index is 11.5. The Morgan fingerprint density at radius 3 is 2.69 bits per heavy atom. The molecular weight excluding hydrogens is 276 g/mol. The number of halogens is 1. The normalized spacial score (nSPS) is 12.6. The minimum Gasteiger partial charge on any atom is -0.410 e. The molecular formula is C9H13BrN4O2. The second-order valence-corrected chi connectivity index (χ2v) is 4.61. The smallest absolute Gasteiger partial charge is 0.271 e. The molecule has 0 fully saturated rings. The van der Waals surface area contributed by atoms with Crippen LogP contribution in [0.2, 0.25) is 0 Å². The zero-order chi connectivity index (χ0) is 12.3. The molecule has 0 radical (unpaired) electrons. The SMILES string of the molecule is CNC(=O)C(=NO)C(C)(C)n1cc(Br)cn1. The predicted molar refractivity (Wildman–Crippen MR) is 62.5 cm³/mol. The molecule has 2 N–H and O–H groups in total. The van der Waals surface area contributed by atoms with Gasteiger partial charge in [0.05, 0.1) is 10.7 Å². The fraction of sp³-hybridized carbons (Fsp3) is 0.444. The third-order valence-electron chi connectivity index (χ3n) is 2.25. The van der Waals surface area contributed by atoms with Gasteiger partial charge in [-0.15, -0.1) is 0 Å². The molecule has 6 nitrogen and oxygen atoms in total. The van der Waals surface area contributed by atoms with Crippen LogP contribution in [0.25, 0.3) is 0 Å². The van der Waals surface area contributed by atoms with Crippen LogP contribution in [0.4, 0.5) is 0 Å². The molecule has 0 unspecified atom stereocenters. The molecule has 0 aliphatic rings. The molecule has 1 aromatic heterocycles. The number of carbonyl (C=O) groups is 1. The summed E-state index contributed by atoms with van der Waals surface area (Å²) in [5.41, 5.74) is -0.841. The first-order valence-electron chi connectivity index (χ1n) is 4.58. The summed E-state index contributed by atoms with van der Waals surface area (Å²) >= 11 is 3.26. The van der Waals surface area contributed by atoms with E-state index in [2.05, 4.69) is 31.5 Å². The van der Waals surface area contributed by atoms with Crippen molar-refractivity contribution in [2.24, 2.45) is 5.16 Å². The average Bonchev–Trinajstić information content (AvgIpc) is 2.65. The van der Waals surface area contributed by atoms with E-state index in [-0.39, 0.29) is 5.71 Å². The van der Waals surface area contributed by atoms with Crippen LogP contribution in [0.15, 0.2) is 22.0 Å². The Hall–Kier alpha value is -1.37. The maximum absolute atomic E-state index is 11.5. The van der Waals surface area contributed by atoms with Crippen LogP contribution < -0.4 is 5.32 Å². The Bertz CT molecular complexity index is 425. The van der Waals surface area contributed by atoms with Gasteiger partial charge in [-0.05, 0) is 29.8 Å². The molecule has 88 valence electrons. The van der Waals surface area contributed by atoms with Gasteiger partial charge in [0.15, 0.2) is 5.71 Å². The number of hydrogen-bond donors (Lipinski definition) is 2. The quantitative estimate of drug-likeness (QED) is 0.494. The summed E-state index contributed by atoms with van der Waals surface area (Å²) in [5, 5.41) is 18.4. The second-order valence-electron chi connectivity index (χ2n) is 3.69. The molecule has 1 heterocycles. The lowest BCUT2D eigenvalue weighted by Gasteiger charge is -2.24. The summed E-state index contributed by atoms with van der Waals surface area (Å²) in [6.45, 7) is 3.47. The zero-order valence-electron chi connectivity index (χ0n) is 9.23. The lowest BCUT2D eigenvalue weighted by atomic mass is 9.98. The highest BCUT2D eigenvalue weighted by Crippen LogP contribution is 2.19. The van der Waals surface area contributed by atoms with Gasteiger partial charge in [-0.1, -0.05) is 5.16 Å². The molecule has 1 amide bonds. The van der Waals surface area contributed by atoms with E-state index < -0.39 is 11.4 Å². The second kappa shape index (κ2) is 4.65. The van der Waals surface area contributed by atoms with E-state index in [1.54, 1.807) is 30.9 Å². The highest BCUT2D eigenvalue weighted by atomic mass is 79.9. The van der Waals surface area contributed by atoms with Crippen LogP contribution >= 0.6 is 15.9 Å². The van der Waals surface area contributed by atoms with Crippen molar-refractivity contribution in [1.29, 1.82) is 0 Å². The van der Waals surface area contributed by atoms with E-state index in [4.69, 9.17) is 5.21 Å². The first-order valence-corrected chi connectivity index (χ1v) is 5.38. The van der Waals surface area contributed by atoms with Crippen molar-refractivity contribution in [3.63, 3.8) is 0 Å². The van der Waals surface area contributed by atoms with Gasteiger partial charge in [-0.25, -0.2) is 0 Å². The van der Waals surface area contributed by atoms with E-state index in [9.17, 15) is 4.79 Å². The van der Waals surface area contributed by atoms with E-state index in [0.717, 1.165) is 4.47 Å². The molecule has 0 aliphatic heterocycles. The molecule has 0 spiro atoms. The zero-order valence-corrected chi connectivity index (χ0v) is 10.8. The summed E-state index contributed by atoms with van der Waals surface area (Å²) in [4.78, 5) is 11.5. The van der Waals surface area contributed by atoms with Crippen molar-refractivity contribution in [3.05, 3.63) is 16.9 Å². The van der Waals surface area contributed by atoms with Crippen LogP contribution in [-0.2, 0) is 10.3 Å². The number of carbonyl (C=O) groups excluding carboxylic acids is 1. The number of nitrogens with one attached hydrogen (secondary N) is 1. The summed E-state index contributed by atoms with van der Waals surface area (Å²) in [6, 6.07) is 0. The van der Waals surface area contributed by atoms with Crippen molar-refractivity contribution in [3.8, 4) is 0 Å². The predicted octanol–water partition coefficient (Wildman–Crippen LogP) is 0.957. The summed E-state index contributed by atoms with van der Waals surface area (Å²) in [6.07, 6.45) is 3.30. The van der Waals surface area contributed by atoms with E-state index in [0.29, 0.717) is 0 Å². The van der Waals surface area contributed by atoms with Gasteiger partial charge in [0.25, 0.3) is 5.91 Å². The van der Waals surface area contributed by atoms with E-state index in [1.165, 1.54) is 7.05 Å². The number of rotatable bonds is 3. The van der Waals surface area contributed by atoms with Crippen LogP contribution in [-0.4, -0.2) is 33.7 Å². The topological polar surface area (TPSA) is 79.5 Å². The highest BCUT2D eigenvalue weighted by Gasteiger charge is 2.33. The van der Waals surface area contributed by atoms with Gasteiger partial charge >= 0.3 is 0 Å². The fourth-order valence-electron chi connectivity index (χ4n) is 1.28. The average molecular weight is 289 g/mol. The molecule has 0 saturated carbocycles. The molecule has 0 aromatic carbocycles. The maximum Gasteiger partial charge on any atom is 0.271 e. The first kappa shape index (κ1) is 12.7. The van der Waals surface area contributed by atoms with Gasteiger partial charge < -0.3 is 10.5 Å². The third-order valence-corrected chi connectivity index (χ3v) is 2.65. The van der Waals surface area contributed by atoms with Gasteiger partial charge in [-0.3, -0.25) is 9.48 Å². The van der Waals surface area contributed by atoms with Gasteiger partial charge in [0, 0.05) is 13.2 Å². The molecule has 0 aliphatic carbocycles. The molecule has 0 bridgehead atoms. The Morgan fingerprint density at radius 1 is 1.69 bits per heavy atom. The molecule has 0 saturated heterocycles. The van der Waals surface area contributed by atoms with Crippen LogP contribution in [0, 0.1) is 0 Å². The van der Waals surface area contributed by atoms with Crippen molar-refractivity contribution in [2.45, 2.75) is 19.4 Å². The number of oxime groups is 1. The summed E-state index contributed by atoms with van der Waals surface area (Å²) < 4.78 is 2.33. The number of amides is 1. The number of nitrogens with zero attached hydrogens (tertiary/aromatic N) is 3. The molecule has 1 aromatic rings. The van der Waals surface area contributed by atoms with Crippen molar-refractivity contribution in [1.82, 2.24) is 15.1 Å². The Morgan fingerprint density at radius 2 is 2.31 bits per heavy atom. The fourth-order valence-corrected chi connectivity index (χ4v) is 1.56. The molecule has 7 heteroatoms. The van der Waals surface area contributed by atoms with E-state index >= 15 is 0 Å². The molecule has 0 atom stereocenters. The lowest BCUT2D eigenvalue weighted by Crippen LogP contribution is -2.45. The number of hydrogen-bond acceptors (Lipinski definition) is 4. The Balaban J connectivity index is 3.14. The first-order chi connectivity index (χ1) is 7.43. The van der Waals surface area contributed by atoms with Crippen molar-refractivity contribution >= 4 is 27.5 Å². The Kier molecular flexibility index (Phi) is 3.69. The van der Waals surface area contributed by atoms with Crippen LogP contribution in [0.3, 0.4) is 0 Å². The third kappa shape index (κ3) is 2.24. The number of aromatic nitrogens is 2. The molecule has 1 rings (SSSR count). The lowest BCUT2D eigenvalue weighted by molar-refractivity contribution is -0.114. The molecule has 16 heavy (non-hydrogen) atoms. The summed E-state index contributed by atoms with van der Waals surface area (Å²) in [7, 11) is 1.47. The standard InChI is InChI=1S/C9H13BrN4O2/c1-9(2,7(13-16)8(15)11-3)14-5-6(10)4-12-14/h4-5,16H,1-3H3,(H,11,15). The van der Waals surface area contributed by atoms with Crippen molar-refractivity contribution < 1.29 is 10.0 Å². The van der Waals surface area contributed by atoms with Crippen LogP contribution in [0.1, 0.15) is 13.8 Å². The van der Waals surface area contributed by atoms with Gasteiger partial charge in [0.2, 0.25) is 0 Å². The minimum atomic E-state index is -0.832. The van der Waals surface area contributed by atoms with Crippen molar-refractivity contribution in [2.75, 3.05) is 7.05 Å². The summed E-state index contributed by atoms with van der Waals surface area (Å²) in [5.74, 6) is -0.445.